The van der Waals surface area contributed by atoms with Crippen LogP contribution in [0.5, 0.6) is 5.75 Å². The Kier molecular flexibility index (Phi) is 7.05. The van der Waals surface area contributed by atoms with Crippen molar-refractivity contribution in [1.29, 1.82) is 0 Å². The Morgan fingerprint density at radius 3 is 2.48 bits per heavy atom. The van der Waals surface area contributed by atoms with Gasteiger partial charge in [-0.05, 0) is 87.7 Å². The quantitative estimate of drug-likeness (QED) is 0.378. The van der Waals surface area contributed by atoms with E-state index in [1.54, 1.807) is 20.2 Å². The van der Waals surface area contributed by atoms with Gasteiger partial charge in [-0.1, -0.05) is 24.8 Å². The van der Waals surface area contributed by atoms with E-state index in [-0.39, 0.29) is 29.7 Å². The minimum atomic E-state index is -2.73. The zero-order valence-corrected chi connectivity index (χ0v) is 23.0. The molecule has 2 fully saturated rings. The molecule has 6 atom stereocenters. The number of aryl methyl sites for hydroxylation is 1. The molecule has 210 valence electrons. The summed E-state index contributed by atoms with van der Waals surface area (Å²) in [5, 5.41) is 23.0. The van der Waals surface area contributed by atoms with Gasteiger partial charge >= 0.3 is 0 Å². The molecule has 5 rings (SSSR count). The van der Waals surface area contributed by atoms with E-state index >= 15 is 0 Å². The molecule has 1 amide bonds. The molecule has 40 heavy (non-hydrogen) atoms. The molecule has 0 aromatic heterocycles. The number of allylic oxidation sites excluding steroid dienone is 2. The van der Waals surface area contributed by atoms with Gasteiger partial charge in [-0.2, -0.15) is 0 Å². The number of fused-ring (bicyclic) bond motifs is 3. The monoisotopic (exact) mass is 546 g/mol. The van der Waals surface area contributed by atoms with Gasteiger partial charge in [0.05, 0.1) is 23.1 Å². The molecule has 2 unspecified atom stereocenters. The predicted octanol–water partition coefficient (Wildman–Crippen LogP) is 1.28. The second-order valence-electron chi connectivity index (χ2n) is 11.7. The lowest BCUT2D eigenvalue weighted by Crippen LogP contribution is -2.74. The summed E-state index contributed by atoms with van der Waals surface area (Å²) in [6.45, 7) is 1.93. The Balaban J connectivity index is 1.61. The average Bonchev–Trinajstić information content (AvgIpc) is 2.90. The van der Waals surface area contributed by atoms with Gasteiger partial charge in [0.2, 0.25) is 5.91 Å². The second kappa shape index (κ2) is 10.1. The Morgan fingerprint density at radius 2 is 1.88 bits per heavy atom. The van der Waals surface area contributed by atoms with Gasteiger partial charge in [0.15, 0.2) is 34.7 Å². The number of likely N-dealkylation sites (N-methyl/N-ethyl adjacent to an activating group) is 1. The van der Waals surface area contributed by atoms with Gasteiger partial charge in [-0.25, -0.2) is 0 Å². The third-order valence-electron chi connectivity index (χ3n) is 9.18. The molecule has 9 heteroatoms. The van der Waals surface area contributed by atoms with Crippen molar-refractivity contribution in [2.45, 2.75) is 63.5 Å². The average molecular weight is 547 g/mol. The van der Waals surface area contributed by atoms with Gasteiger partial charge in [-0.15, -0.1) is 0 Å². The Hall–Kier alpha value is -3.61. The molecule has 0 aliphatic heterocycles. The maximum Gasteiger partial charge on any atom is 0.235 e. The van der Waals surface area contributed by atoms with Crippen LogP contribution in [0.4, 0.5) is 0 Å². The molecule has 0 heterocycles. The van der Waals surface area contributed by atoms with Crippen LogP contribution >= 0.6 is 0 Å². The van der Waals surface area contributed by atoms with E-state index in [0.29, 0.717) is 12.0 Å². The number of aliphatic hydroxyl groups is 1. The van der Waals surface area contributed by atoms with Crippen molar-refractivity contribution in [3.63, 3.8) is 0 Å². The number of nitrogens with two attached hydrogens (primary N) is 1. The first-order valence-electron chi connectivity index (χ1n) is 13.9. The molecule has 9 nitrogen and oxygen atoms in total. The van der Waals surface area contributed by atoms with E-state index in [1.165, 1.54) is 4.90 Å². The first-order chi connectivity index (χ1) is 18.9. The van der Waals surface area contributed by atoms with Crippen LogP contribution in [-0.4, -0.2) is 69.9 Å². The fraction of sp³-hybridized carbons (Fsp3) is 0.516. The number of carbonyl (C=O) groups excluding carboxylic acids is 5. The van der Waals surface area contributed by atoms with Crippen LogP contribution in [0.1, 0.15) is 66.1 Å². The van der Waals surface area contributed by atoms with E-state index in [0.717, 1.165) is 36.8 Å². The summed E-state index contributed by atoms with van der Waals surface area (Å²) in [6, 6.07) is 0.666. The molecule has 1 aromatic rings. The van der Waals surface area contributed by atoms with Gasteiger partial charge in [-0.3, -0.25) is 28.9 Å². The number of aromatic hydroxyl groups is 1. The molecule has 0 radical (unpaired) electrons. The highest BCUT2D eigenvalue weighted by Crippen LogP contribution is 2.51. The zero-order valence-electron chi connectivity index (χ0n) is 23.0. The minimum absolute atomic E-state index is 0.00660. The highest BCUT2D eigenvalue weighted by molar-refractivity contribution is 6.32. The number of amides is 1. The Morgan fingerprint density at radius 1 is 1.15 bits per heavy atom. The van der Waals surface area contributed by atoms with Crippen molar-refractivity contribution in [2.75, 3.05) is 14.1 Å². The first kappa shape index (κ1) is 27.9. The van der Waals surface area contributed by atoms with Crippen molar-refractivity contribution in [3.8, 4) is 17.6 Å². The highest BCUT2D eigenvalue weighted by Gasteiger charge is 2.69. The van der Waals surface area contributed by atoms with Crippen molar-refractivity contribution in [2.24, 2.45) is 29.4 Å². The molecule has 4 aliphatic rings. The van der Waals surface area contributed by atoms with Crippen LogP contribution in [0.3, 0.4) is 0 Å². The highest BCUT2D eigenvalue weighted by atomic mass is 16.3. The maximum atomic E-state index is 14.0. The van der Waals surface area contributed by atoms with Gasteiger partial charge in [0.1, 0.15) is 5.75 Å². The lowest BCUT2D eigenvalue weighted by atomic mass is 9.52. The molecule has 0 bridgehead atoms. The number of hydrogen-bond donors (Lipinski definition) is 3. The standard InChI is InChI=1S/C31H34N2O7/c1-4-16-12-17(11-10-15-8-6-5-7-9-15)25(34)22-19(16)13-18-14-20-24(33(2)3)27(36)23(30(32)39)29(38)31(20,40)28(37)21(18)26(22)35/h8,12,18,20-21,23-24,34,40H,4-7,9,13-14H2,1-3H3,(H2,32,39)/t18-,20-,21?,23?,24-,31-/m0/s1. The topological polar surface area (TPSA) is 155 Å². The van der Waals surface area contributed by atoms with Crippen LogP contribution in [0, 0.1) is 35.5 Å². The summed E-state index contributed by atoms with van der Waals surface area (Å²) in [6.07, 6.45) is 6.87. The van der Waals surface area contributed by atoms with Crippen LogP contribution in [0.25, 0.3) is 0 Å². The van der Waals surface area contributed by atoms with Crippen LogP contribution in [-0.2, 0) is 32.0 Å². The van der Waals surface area contributed by atoms with Crippen LogP contribution in [0.15, 0.2) is 17.7 Å². The number of nitrogens with zero attached hydrogens (tertiary/aromatic N) is 1. The number of phenols is 1. The van der Waals surface area contributed by atoms with E-state index in [9.17, 15) is 34.2 Å². The number of ketones is 4. The largest absolute Gasteiger partial charge is 0.506 e. The number of carbonyl (C=O) groups is 5. The number of benzene rings is 1. The van der Waals surface area contributed by atoms with Crippen LogP contribution < -0.4 is 5.73 Å². The summed E-state index contributed by atoms with van der Waals surface area (Å²) in [4.78, 5) is 68.2. The first-order valence-corrected chi connectivity index (χ1v) is 13.9. The number of rotatable bonds is 3. The minimum Gasteiger partial charge on any atom is -0.506 e. The normalized spacial score (nSPS) is 31.5. The predicted molar refractivity (Wildman–Crippen MR) is 144 cm³/mol. The molecule has 0 saturated heterocycles. The Labute approximate surface area is 232 Å². The molecule has 4 N–H and O–H groups in total. The van der Waals surface area contributed by atoms with Crippen molar-refractivity contribution < 1.29 is 34.2 Å². The lowest BCUT2D eigenvalue weighted by Gasteiger charge is -2.52. The van der Waals surface area contributed by atoms with Gasteiger partial charge in [0, 0.05) is 5.92 Å². The van der Waals surface area contributed by atoms with Crippen molar-refractivity contribution >= 4 is 29.0 Å². The molecule has 1 aromatic carbocycles. The molecule has 4 aliphatic carbocycles. The molecule has 0 spiro atoms. The molecular weight excluding hydrogens is 512 g/mol. The van der Waals surface area contributed by atoms with Crippen molar-refractivity contribution in [1.82, 2.24) is 4.90 Å². The second-order valence-corrected chi connectivity index (χ2v) is 11.7. The van der Waals surface area contributed by atoms with Crippen LogP contribution in [0.2, 0.25) is 0 Å². The number of hydrogen-bond acceptors (Lipinski definition) is 8. The fourth-order valence-electron chi connectivity index (χ4n) is 7.26. The van der Waals surface area contributed by atoms with Gasteiger partial charge < -0.3 is 15.9 Å². The SMILES string of the molecule is CCc1cc(C#CC2=CCCCC2)c(O)c2c1C[C@H]1C[C@H]3[C@H](N(C)C)C(=O)C(C(N)=O)C(=O)[C@@]3(O)C(=O)C1C2=O. The van der Waals surface area contributed by atoms with E-state index in [4.69, 9.17) is 5.73 Å². The van der Waals surface area contributed by atoms with E-state index in [2.05, 4.69) is 17.9 Å². The molecule has 2 saturated carbocycles. The summed E-state index contributed by atoms with van der Waals surface area (Å²) in [7, 11) is 3.13. The number of Topliss-reactive ketones (excluding diaryl/α,β-unsaturated/α-hetero) is 4. The fourth-order valence-corrected chi connectivity index (χ4v) is 7.26. The number of phenolic OH excluding ortho intramolecular Hbond substituents is 1. The third kappa shape index (κ3) is 4.04. The van der Waals surface area contributed by atoms with Gasteiger partial charge in [0.25, 0.3) is 0 Å². The lowest BCUT2D eigenvalue weighted by molar-refractivity contribution is -0.181. The third-order valence-corrected chi connectivity index (χ3v) is 9.18. The summed E-state index contributed by atoms with van der Waals surface area (Å²) in [5.74, 6) is -4.33. The maximum absolute atomic E-state index is 14.0. The number of primary amides is 1. The summed E-state index contributed by atoms with van der Waals surface area (Å²) >= 11 is 0. The molecular formula is C31H34N2O7. The zero-order chi connectivity index (χ0) is 29.1. The van der Waals surface area contributed by atoms with E-state index in [1.807, 2.05) is 6.92 Å². The smallest absolute Gasteiger partial charge is 0.235 e. The van der Waals surface area contributed by atoms with Crippen molar-refractivity contribution in [3.05, 3.63) is 40.0 Å². The summed E-state index contributed by atoms with van der Waals surface area (Å²) in [5.41, 5.74) is 5.34. The summed E-state index contributed by atoms with van der Waals surface area (Å²) < 4.78 is 0. The van der Waals surface area contributed by atoms with E-state index < -0.39 is 64.4 Å². The Bertz CT molecular complexity index is 1450.